The van der Waals surface area contributed by atoms with Crippen LogP contribution in [0, 0.1) is 0 Å². The van der Waals surface area contributed by atoms with Crippen LogP contribution in [0.2, 0.25) is 0 Å². The summed E-state index contributed by atoms with van der Waals surface area (Å²) in [5, 5.41) is 10.6. The average Bonchev–Trinajstić information content (AvgIpc) is 2.61. The molecule has 1 aliphatic heterocycles. The van der Waals surface area contributed by atoms with Gasteiger partial charge in [-0.25, -0.2) is 0 Å². The third-order valence-corrected chi connectivity index (χ3v) is 4.14. The molecule has 9 heteroatoms. The third-order valence-electron chi connectivity index (χ3n) is 4.14. The molecule has 0 aliphatic carbocycles. The van der Waals surface area contributed by atoms with E-state index >= 15 is 0 Å². The Labute approximate surface area is 143 Å². The minimum absolute atomic E-state index is 0.176. The molecule has 25 heavy (non-hydrogen) atoms. The van der Waals surface area contributed by atoms with Crippen LogP contribution in [0.5, 0.6) is 0 Å². The van der Waals surface area contributed by atoms with Crippen molar-refractivity contribution in [3.8, 4) is 0 Å². The lowest BCUT2D eigenvalue weighted by molar-refractivity contribution is -0.137. The fourth-order valence-electron chi connectivity index (χ4n) is 2.70. The average molecular weight is 352 g/mol. The highest BCUT2D eigenvalue weighted by Gasteiger charge is 2.30. The zero-order chi connectivity index (χ0) is 17.9. The monoisotopic (exact) mass is 352 g/mol. The first-order valence-corrected chi connectivity index (χ1v) is 8.07. The highest BCUT2D eigenvalue weighted by atomic mass is 19.4. The number of halogens is 3. The number of aromatic nitrogens is 3. The molecule has 1 saturated heterocycles. The van der Waals surface area contributed by atoms with Gasteiger partial charge in [-0.05, 0) is 24.7 Å². The number of nitrogens with one attached hydrogen (secondary N) is 1. The maximum absolute atomic E-state index is 12.8. The van der Waals surface area contributed by atoms with Crippen LogP contribution < -0.4 is 10.2 Å². The van der Waals surface area contributed by atoms with Crippen LogP contribution >= 0.6 is 0 Å². The Bertz CT molecular complexity index is 713. The van der Waals surface area contributed by atoms with Crippen molar-refractivity contribution in [2.45, 2.75) is 13.1 Å². The van der Waals surface area contributed by atoms with Gasteiger partial charge < -0.3 is 15.1 Å². The van der Waals surface area contributed by atoms with Crippen molar-refractivity contribution in [1.82, 2.24) is 20.1 Å². The molecule has 1 aromatic carbocycles. The van der Waals surface area contributed by atoms with Crippen LogP contribution in [0.25, 0.3) is 0 Å². The summed E-state index contributed by atoms with van der Waals surface area (Å²) in [5.74, 6) is 0.843. The summed E-state index contributed by atoms with van der Waals surface area (Å²) in [6, 6.07) is 4.92. The minimum Gasteiger partial charge on any atom is -0.353 e. The van der Waals surface area contributed by atoms with E-state index in [1.165, 1.54) is 12.1 Å². The molecular weight excluding hydrogens is 333 g/mol. The van der Waals surface area contributed by atoms with Crippen LogP contribution in [0.3, 0.4) is 0 Å². The number of anilines is 3. The van der Waals surface area contributed by atoms with Crippen molar-refractivity contribution >= 4 is 17.5 Å². The van der Waals surface area contributed by atoms with Crippen LogP contribution in [-0.4, -0.2) is 52.8 Å². The lowest BCUT2D eigenvalue weighted by Crippen LogP contribution is -2.46. The summed E-state index contributed by atoms with van der Waals surface area (Å²) in [6.07, 6.45) is -2.82. The molecule has 3 rings (SSSR count). The summed E-state index contributed by atoms with van der Waals surface area (Å²) in [6.45, 7) is 6.68. The number of benzene rings is 1. The SMILES string of the molecule is CCN1CCN(c2cnnc(Nc3cccc(C(F)(F)F)c3)n2)CC1. The molecule has 2 aromatic rings. The number of likely N-dealkylation sites (N-methyl/N-ethyl adjacent to an activating group) is 1. The Hall–Kier alpha value is -2.42. The van der Waals surface area contributed by atoms with Gasteiger partial charge in [-0.2, -0.15) is 23.3 Å². The van der Waals surface area contributed by atoms with E-state index in [2.05, 4.69) is 37.2 Å². The highest BCUT2D eigenvalue weighted by Crippen LogP contribution is 2.31. The van der Waals surface area contributed by atoms with Crippen LogP contribution in [-0.2, 0) is 6.18 Å². The molecule has 0 radical (unpaired) electrons. The van der Waals surface area contributed by atoms with E-state index in [0.29, 0.717) is 5.82 Å². The normalized spacial score (nSPS) is 16.1. The Morgan fingerprint density at radius 1 is 1.16 bits per heavy atom. The molecule has 1 aromatic heterocycles. The maximum Gasteiger partial charge on any atom is 0.416 e. The predicted octanol–water partition coefficient (Wildman–Crippen LogP) is 2.78. The summed E-state index contributed by atoms with van der Waals surface area (Å²) in [7, 11) is 0. The molecule has 2 heterocycles. The first kappa shape index (κ1) is 17.4. The van der Waals surface area contributed by atoms with Gasteiger partial charge in [0, 0.05) is 31.9 Å². The Morgan fingerprint density at radius 3 is 2.60 bits per heavy atom. The molecule has 134 valence electrons. The van der Waals surface area contributed by atoms with Gasteiger partial charge in [-0.1, -0.05) is 13.0 Å². The van der Waals surface area contributed by atoms with E-state index in [-0.39, 0.29) is 11.6 Å². The minimum atomic E-state index is -4.39. The second kappa shape index (κ2) is 7.22. The highest BCUT2D eigenvalue weighted by molar-refractivity contribution is 5.55. The van der Waals surface area contributed by atoms with Crippen molar-refractivity contribution in [3.05, 3.63) is 36.0 Å². The summed E-state index contributed by atoms with van der Waals surface area (Å²) in [4.78, 5) is 8.81. The second-order valence-corrected chi connectivity index (χ2v) is 5.76. The first-order chi connectivity index (χ1) is 12.0. The van der Waals surface area contributed by atoms with E-state index in [4.69, 9.17) is 0 Å². The van der Waals surface area contributed by atoms with Gasteiger partial charge in [0.25, 0.3) is 0 Å². The van der Waals surface area contributed by atoms with E-state index in [0.717, 1.165) is 44.9 Å². The van der Waals surface area contributed by atoms with Crippen molar-refractivity contribution in [3.63, 3.8) is 0 Å². The molecular formula is C16H19F3N6. The number of alkyl halides is 3. The molecule has 0 bridgehead atoms. The van der Waals surface area contributed by atoms with Crippen molar-refractivity contribution in [2.24, 2.45) is 0 Å². The molecule has 1 N–H and O–H groups in total. The fourth-order valence-corrected chi connectivity index (χ4v) is 2.70. The van der Waals surface area contributed by atoms with E-state index in [1.54, 1.807) is 6.20 Å². The smallest absolute Gasteiger partial charge is 0.353 e. The molecule has 0 saturated carbocycles. The molecule has 0 atom stereocenters. The lowest BCUT2D eigenvalue weighted by atomic mass is 10.2. The maximum atomic E-state index is 12.8. The molecule has 1 aliphatic rings. The molecule has 0 unspecified atom stereocenters. The van der Waals surface area contributed by atoms with Gasteiger partial charge in [0.15, 0.2) is 5.82 Å². The topological polar surface area (TPSA) is 57.2 Å². The first-order valence-electron chi connectivity index (χ1n) is 8.07. The summed E-state index contributed by atoms with van der Waals surface area (Å²) < 4.78 is 38.4. The number of hydrogen-bond acceptors (Lipinski definition) is 6. The Morgan fingerprint density at radius 2 is 1.92 bits per heavy atom. The largest absolute Gasteiger partial charge is 0.416 e. The van der Waals surface area contributed by atoms with E-state index < -0.39 is 11.7 Å². The molecule has 0 spiro atoms. The number of piperazine rings is 1. The van der Waals surface area contributed by atoms with Crippen LogP contribution in [0.1, 0.15) is 12.5 Å². The Kier molecular flexibility index (Phi) is 5.03. The standard InChI is InChI=1S/C16H19F3N6/c1-2-24-6-8-25(9-7-24)14-11-20-23-15(22-14)21-13-5-3-4-12(10-13)16(17,18)19/h3-5,10-11H,2,6-9H2,1H3,(H,21,22,23). The summed E-state index contributed by atoms with van der Waals surface area (Å²) in [5.41, 5.74) is -0.457. The van der Waals surface area contributed by atoms with Crippen molar-refractivity contribution < 1.29 is 13.2 Å². The third kappa shape index (κ3) is 4.36. The van der Waals surface area contributed by atoms with Crippen LogP contribution in [0.15, 0.2) is 30.5 Å². The van der Waals surface area contributed by atoms with Gasteiger partial charge in [0.2, 0.25) is 5.95 Å². The Balaban J connectivity index is 1.72. The zero-order valence-electron chi connectivity index (χ0n) is 13.8. The van der Waals surface area contributed by atoms with Gasteiger partial charge in [0.1, 0.15) is 0 Å². The second-order valence-electron chi connectivity index (χ2n) is 5.76. The van der Waals surface area contributed by atoms with Gasteiger partial charge in [-0.3, -0.25) is 0 Å². The van der Waals surface area contributed by atoms with E-state index in [9.17, 15) is 13.2 Å². The lowest BCUT2D eigenvalue weighted by Gasteiger charge is -2.34. The molecule has 6 nitrogen and oxygen atoms in total. The number of nitrogens with zero attached hydrogens (tertiary/aromatic N) is 5. The van der Waals surface area contributed by atoms with Gasteiger partial charge >= 0.3 is 6.18 Å². The fraction of sp³-hybridized carbons (Fsp3) is 0.438. The molecule has 1 fully saturated rings. The van der Waals surface area contributed by atoms with Gasteiger partial charge in [-0.15, -0.1) is 5.10 Å². The quantitative estimate of drug-likeness (QED) is 0.913. The van der Waals surface area contributed by atoms with Crippen LogP contribution in [0.4, 0.5) is 30.6 Å². The van der Waals surface area contributed by atoms with Gasteiger partial charge in [0.05, 0.1) is 11.8 Å². The van der Waals surface area contributed by atoms with Crippen molar-refractivity contribution in [1.29, 1.82) is 0 Å². The van der Waals surface area contributed by atoms with E-state index in [1.807, 2.05) is 0 Å². The van der Waals surface area contributed by atoms with Crippen molar-refractivity contribution in [2.75, 3.05) is 42.9 Å². The number of hydrogen-bond donors (Lipinski definition) is 1. The zero-order valence-corrected chi connectivity index (χ0v) is 13.8. The number of rotatable bonds is 4. The predicted molar refractivity (Wildman–Crippen MR) is 88.9 cm³/mol. The molecule has 0 amide bonds. The summed E-state index contributed by atoms with van der Waals surface area (Å²) >= 11 is 0.